The molecule has 0 aromatic rings. The molecule has 2 saturated carbocycles. The van der Waals surface area contributed by atoms with Gasteiger partial charge in [-0.3, -0.25) is 4.79 Å². The van der Waals surface area contributed by atoms with Crippen molar-refractivity contribution in [1.29, 1.82) is 5.26 Å². The molecule has 3 heteroatoms. The van der Waals surface area contributed by atoms with Crippen LogP contribution < -0.4 is 0 Å². The zero-order valence-corrected chi connectivity index (χ0v) is 11.1. The number of carbonyl (C=O) groups excluding carboxylic acids is 1. The maximum Gasteiger partial charge on any atom is 0.243 e. The molecule has 17 heavy (non-hydrogen) atoms. The molecule has 0 unspecified atom stereocenters. The van der Waals surface area contributed by atoms with E-state index in [1.165, 1.54) is 0 Å². The molecule has 3 nitrogen and oxygen atoms in total. The molecular formula is C14H22N2O. The number of nitriles is 1. The number of hydrogen-bond donors (Lipinski definition) is 0. The fourth-order valence-electron chi connectivity index (χ4n) is 2.90. The van der Waals surface area contributed by atoms with Crippen molar-refractivity contribution in [3.63, 3.8) is 0 Å². The summed E-state index contributed by atoms with van der Waals surface area (Å²) in [4.78, 5) is 14.5. The Hall–Kier alpha value is -1.04. The second kappa shape index (κ2) is 4.33. The maximum atomic E-state index is 12.5. The number of hydrogen-bond acceptors (Lipinski definition) is 2. The molecule has 0 heterocycles. The van der Waals surface area contributed by atoms with Gasteiger partial charge in [-0.2, -0.15) is 5.26 Å². The predicted molar refractivity (Wildman–Crippen MR) is 66.0 cm³/mol. The Labute approximate surface area is 104 Å². The van der Waals surface area contributed by atoms with Crippen molar-refractivity contribution in [3.05, 3.63) is 0 Å². The number of rotatable bonds is 4. The molecule has 0 aliphatic heterocycles. The number of nitrogens with zero attached hydrogens (tertiary/aromatic N) is 2. The Morgan fingerprint density at radius 3 is 2.41 bits per heavy atom. The van der Waals surface area contributed by atoms with Crippen molar-refractivity contribution >= 4 is 5.91 Å². The second-order valence-corrected chi connectivity index (χ2v) is 6.29. The zero-order valence-electron chi connectivity index (χ0n) is 11.1. The first-order chi connectivity index (χ1) is 7.98. The highest BCUT2D eigenvalue weighted by atomic mass is 16.2. The van der Waals surface area contributed by atoms with Crippen LogP contribution in [0.25, 0.3) is 0 Å². The summed E-state index contributed by atoms with van der Waals surface area (Å²) in [6, 6.07) is 2.71. The van der Waals surface area contributed by atoms with Crippen molar-refractivity contribution in [2.24, 2.45) is 17.3 Å². The molecular weight excluding hydrogens is 212 g/mol. The van der Waals surface area contributed by atoms with Gasteiger partial charge >= 0.3 is 0 Å². The lowest BCUT2D eigenvalue weighted by Crippen LogP contribution is -2.51. The summed E-state index contributed by atoms with van der Waals surface area (Å²) in [5.74, 6) is 1.11. The molecule has 2 fully saturated rings. The van der Waals surface area contributed by atoms with E-state index in [-0.39, 0.29) is 5.91 Å². The molecule has 0 saturated heterocycles. The van der Waals surface area contributed by atoms with Crippen LogP contribution in [-0.2, 0) is 4.79 Å². The zero-order chi connectivity index (χ0) is 12.6. The maximum absolute atomic E-state index is 12.5. The van der Waals surface area contributed by atoms with Gasteiger partial charge in [-0.1, -0.05) is 20.8 Å². The molecule has 94 valence electrons. The number of carbonyl (C=O) groups is 1. The molecule has 0 atom stereocenters. The van der Waals surface area contributed by atoms with E-state index in [4.69, 9.17) is 0 Å². The summed E-state index contributed by atoms with van der Waals surface area (Å²) in [7, 11) is 0. The van der Waals surface area contributed by atoms with Gasteiger partial charge in [0.1, 0.15) is 5.41 Å². The van der Waals surface area contributed by atoms with Gasteiger partial charge < -0.3 is 4.90 Å². The van der Waals surface area contributed by atoms with E-state index in [1.54, 1.807) is 0 Å². The van der Waals surface area contributed by atoms with Crippen LogP contribution in [0.3, 0.4) is 0 Å². The van der Waals surface area contributed by atoms with Crippen LogP contribution >= 0.6 is 0 Å². The average molecular weight is 234 g/mol. The number of amides is 1. The highest BCUT2D eigenvalue weighted by molar-refractivity contribution is 5.87. The normalized spacial score (nSPS) is 31.8. The van der Waals surface area contributed by atoms with Gasteiger partial charge in [-0.15, -0.1) is 0 Å². The van der Waals surface area contributed by atoms with Crippen LogP contribution in [0, 0.1) is 28.6 Å². The van der Waals surface area contributed by atoms with E-state index in [0.29, 0.717) is 17.9 Å². The Morgan fingerprint density at radius 2 is 2.06 bits per heavy atom. The van der Waals surface area contributed by atoms with E-state index in [0.717, 1.165) is 32.2 Å². The SMILES string of the molecule is CC(C)CN(C(=O)C1(C#N)CC(C)C1)C1CC1. The topological polar surface area (TPSA) is 44.1 Å². The standard InChI is InChI=1S/C14H22N2O/c1-10(2)8-16(12-4-5-12)13(17)14(9-15)6-11(3)7-14/h10-12H,4-8H2,1-3H3. The molecule has 2 rings (SSSR count). The molecule has 1 amide bonds. The van der Waals surface area contributed by atoms with Crippen LogP contribution in [0.4, 0.5) is 0 Å². The van der Waals surface area contributed by atoms with Crippen LogP contribution in [0.2, 0.25) is 0 Å². The van der Waals surface area contributed by atoms with Gasteiger partial charge in [0, 0.05) is 12.6 Å². The minimum atomic E-state index is -0.684. The molecule has 0 aromatic carbocycles. The second-order valence-electron chi connectivity index (χ2n) is 6.29. The fraction of sp³-hybridized carbons (Fsp3) is 0.857. The molecule has 2 aliphatic rings. The van der Waals surface area contributed by atoms with Crippen LogP contribution in [0.1, 0.15) is 46.5 Å². The molecule has 0 aromatic heterocycles. The third-order valence-electron chi connectivity index (χ3n) is 3.83. The first-order valence-corrected chi connectivity index (χ1v) is 6.71. The summed E-state index contributed by atoms with van der Waals surface area (Å²) >= 11 is 0. The minimum Gasteiger partial charge on any atom is -0.338 e. The van der Waals surface area contributed by atoms with E-state index in [9.17, 15) is 10.1 Å². The summed E-state index contributed by atoms with van der Waals surface area (Å²) in [5.41, 5.74) is -0.684. The largest absolute Gasteiger partial charge is 0.338 e. The Bertz CT molecular complexity index is 346. The molecule has 0 bridgehead atoms. The van der Waals surface area contributed by atoms with E-state index in [2.05, 4.69) is 26.8 Å². The van der Waals surface area contributed by atoms with Gasteiger partial charge in [0.05, 0.1) is 6.07 Å². The van der Waals surface area contributed by atoms with Crippen molar-refractivity contribution in [3.8, 4) is 6.07 Å². The minimum absolute atomic E-state index is 0.106. The lowest BCUT2D eigenvalue weighted by atomic mass is 9.62. The van der Waals surface area contributed by atoms with E-state index < -0.39 is 5.41 Å². The van der Waals surface area contributed by atoms with Gasteiger partial charge in [0.2, 0.25) is 5.91 Å². The molecule has 2 aliphatic carbocycles. The lowest BCUT2D eigenvalue weighted by molar-refractivity contribution is -0.146. The van der Waals surface area contributed by atoms with Crippen molar-refractivity contribution in [1.82, 2.24) is 4.90 Å². The molecule has 0 N–H and O–H groups in total. The average Bonchev–Trinajstić information content (AvgIpc) is 3.03. The summed E-state index contributed by atoms with van der Waals surface area (Å²) in [5, 5.41) is 9.31. The first-order valence-electron chi connectivity index (χ1n) is 6.71. The Morgan fingerprint density at radius 1 is 1.47 bits per heavy atom. The summed E-state index contributed by atoms with van der Waals surface area (Å²) < 4.78 is 0. The Balaban J connectivity index is 2.08. The van der Waals surface area contributed by atoms with E-state index in [1.807, 2.05) is 4.90 Å². The van der Waals surface area contributed by atoms with Crippen molar-refractivity contribution in [2.45, 2.75) is 52.5 Å². The van der Waals surface area contributed by atoms with Crippen LogP contribution in [0.15, 0.2) is 0 Å². The fourth-order valence-corrected chi connectivity index (χ4v) is 2.90. The van der Waals surface area contributed by atoms with E-state index >= 15 is 0 Å². The van der Waals surface area contributed by atoms with Gasteiger partial charge in [-0.05, 0) is 37.5 Å². The first kappa shape index (κ1) is 12.4. The highest BCUT2D eigenvalue weighted by Crippen LogP contribution is 2.47. The van der Waals surface area contributed by atoms with Gasteiger partial charge in [0.25, 0.3) is 0 Å². The monoisotopic (exact) mass is 234 g/mol. The highest BCUT2D eigenvalue weighted by Gasteiger charge is 2.52. The third kappa shape index (κ3) is 2.31. The van der Waals surface area contributed by atoms with Crippen molar-refractivity contribution in [2.75, 3.05) is 6.54 Å². The smallest absolute Gasteiger partial charge is 0.243 e. The van der Waals surface area contributed by atoms with Gasteiger partial charge in [-0.25, -0.2) is 0 Å². The van der Waals surface area contributed by atoms with Crippen molar-refractivity contribution < 1.29 is 4.79 Å². The summed E-state index contributed by atoms with van der Waals surface area (Å²) in [6.07, 6.45) is 3.75. The van der Waals surface area contributed by atoms with Gasteiger partial charge in [0.15, 0.2) is 0 Å². The third-order valence-corrected chi connectivity index (χ3v) is 3.83. The lowest BCUT2D eigenvalue weighted by Gasteiger charge is -2.43. The Kier molecular flexibility index (Phi) is 3.16. The summed E-state index contributed by atoms with van der Waals surface area (Å²) in [6.45, 7) is 7.18. The van der Waals surface area contributed by atoms with Crippen LogP contribution in [0.5, 0.6) is 0 Å². The molecule has 0 spiro atoms. The quantitative estimate of drug-likeness (QED) is 0.750. The predicted octanol–water partition coefficient (Wildman–Crippen LogP) is 2.57. The molecule has 0 radical (unpaired) electrons. The van der Waals surface area contributed by atoms with Crippen LogP contribution in [-0.4, -0.2) is 23.4 Å².